The Morgan fingerprint density at radius 2 is 1.62 bits per heavy atom. The third-order valence-electron chi connectivity index (χ3n) is 5.13. The van der Waals surface area contributed by atoms with Gasteiger partial charge in [-0.15, -0.1) is 0 Å². The van der Waals surface area contributed by atoms with Crippen LogP contribution in [0.4, 0.5) is 24.5 Å². The number of nitrogens with one attached hydrogen (secondary N) is 1. The van der Waals surface area contributed by atoms with Gasteiger partial charge in [-0.1, -0.05) is 30.3 Å². The summed E-state index contributed by atoms with van der Waals surface area (Å²) in [4.78, 5) is 38.7. The first-order valence-electron chi connectivity index (χ1n) is 9.83. The molecule has 1 saturated heterocycles. The largest absolute Gasteiger partial charge is 0.418 e. The number of amides is 2. The average molecular weight is 450 g/mol. The second-order valence-corrected chi connectivity index (χ2v) is 7.31. The van der Waals surface area contributed by atoms with Gasteiger partial charge >= 0.3 is 6.18 Å². The van der Waals surface area contributed by atoms with Crippen molar-refractivity contribution < 1.29 is 27.7 Å². The predicted octanol–water partition coefficient (Wildman–Crippen LogP) is 2.94. The van der Waals surface area contributed by atoms with Crippen molar-refractivity contribution >= 4 is 23.2 Å². The Bertz CT molecular complexity index is 1000. The van der Waals surface area contributed by atoms with Gasteiger partial charge in [0.25, 0.3) is 5.69 Å². The number of benzene rings is 2. The van der Waals surface area contributed by atoms with Crippen LogP contribution in [0.25, 0.3) is 0 Å². The molecule has 0 spiro atoms. The molecular formula is C21H21F3N4O4. The summed E-state index contributed by atoms with van der Waals surface area (Å²) >= 11 is 0. The Kier molecular flexibility index (Phi) is 7.08. The van der Waals surface area contributed by atoms with Gasteiger partial charge in [0.1, 0.15) is 0 Å². The summed E-state index contributed by atoms with van der Waals surface area (Å²) in [5.74, 6) is -0.844. The Hall–Kier alpha value is -3.47. The number of hydrogen-bond acceptors (Lipinski definition) is 5. The van der Waals surface area contributed by atoms with E-state index in [-0.39, 0.29) is 30.2 Å². The van der Waals surface area contributed by atoms with Gasteiger partial charge in [0.05, 0.1) is 29.1 Å². The van der Waals surface area contributed by atoms with E-state index in [1.54, 1.807) is 15.9 Å². The zero-order chi connectivity index (χ0) is 23.3. The summed E-state index contributed by atoms with van der Waals surface area (Å²) in [5, 5.41) is 13.4. The fourth-order valence-electron chi connectivity index (χ4n) is 3.50. The number of carbonyl (C=O) groups excluding carboxylic acids is 2. The lowest BCUT2D eigenvalue weighted by Gasteiger charge is -2.34. The third kappa shape index (κ3) is 5.82. The minimum absolute atomic E-state index is 0.105. The van der Waals surface area contributed by atoms with Crippen LogP contribution in [-0.4, -0.2) is 59.3 Å². The maximum Gasteiger partial charge on any atom is 0.418 e. The number of alkyl halides is 3. The first-order valence-corrected chi connectivity index (χ1v) is 9.83. The van der Waals surface area contributed by atoms with Crippen molar-refractivity contribution in [2.45, 2.75) is 12.6 Å². The molecule has 0 aliphatic carbocycles. The molecule has 1 heterocycles. The summed E-state index contributed by atoms with van der Waals surface area (Å²) < 4.78 is 39.2. The van der Waals surface area contributed by atoms with Gasteiger partial charge in [0.15, 0.2) is 0 Å². The van der Waals surface area contributed by atoms with Crippen molar-refractivity contribution in [3.05, 3.63) is 69.8 Å². The van der Waals surface area contributed by atoms with Crippen molar-refractivity contribution in [3.8, 4) is 0 Å². The molecule has 1 N–H and O–H groups in total. The van der Waals surface area contributed by atoms with Crippen LogP contribution in [0.15, 0.2) is 48.5 Å². The van der Waals surface area contributed by atoms with Crippen LogP contribution in [-0.2, 0) is 22.2 Å². The Morgan fingerprint density at radius 1 is 1.00 bits per heavy atom. The van der Waals surface area contributed by atoms with E-state index in [2.05, 4.69) is 5.32 Å². The number of nitro groups is 1. The van der Waals surface area contributed by atoms with Gasteiger partial charge in [-0.05, 0) is 12.1 Å². The fraction of sp³-hybridized carbons (Fsp3) is 0.333. The molecule has 0 radical (unpaired) electrons. The van der Waals surface area contributed by atoms with Gasteiger partial charge in [0.2, 0.25) is 11.8 Å². The third-order valence-corrected chi connectivity index (χ3v) is 5.13. The van der Waals surface area contributed by atoms with E-state index in [9.17, 15) is 32.9 Å². The number of carbonyl (C=O) groups is 2. The maximum atomic E-state index is 13.1. The molecule has 0 unspecified atom stereocenters. The fourth-order valence-corrected chi connectivity index (χ4v) is 3.50. The Morgan fingerprint density at radius 3 is 2.28 bits per heavy atom. The van der Waals surface area contributed by atoms with Crippen LogP contribution in [0, 0.1) is 10.1 Å². The summed E-state index contributed by atoms with van der Waals surface area (Å²) in [6.07, 6.45) is -4.68. The van der Waals surface area contributed by atoms with E-state index in [4.69, 9.17) is 0 Å². The van der Waals surface area contributed by atoms with E-state index in [1.807, 2.05) is 0 Å². The molecule has 3 rings (SSSR count). The molecule has 11 heteroatoms. The first-order chi connectivity index (χ1) is 15.1. The molecule has 0 saturated carbocycles. The zero-order valence-electron chi connectivity index (χ0n) is 17.0. The van der Waals surface area contributed by atoms with Crippen molar-refractivity contribution in [2.24, 2.45) is 0 Å². The second-order valence-electron chi connectivity index (χ2n) is 7.31. The molecule has 1 fully saturated rings. The SMILES string of the molecule is O=C(CN1CCN(C(=O)Cc2ccccc2[N+](=O)[O-])CC1)Nc1ccccc1C(F)(F)F. The molecule has 2 aromatic rings. The van der Waals surface area contributed by atoms with Gasteiger partial charge in [-0.2, -0.15) is 13.2 Å². The molecule has 170 valence electrons. The molecule has 8 nitrogen and oxygen atoms in total. The van der Waals surface area contributed by atoms with Crippen molar-refractivity contribution in [2.75, 3.05) is 38.0 Å². The second kappa shape index (κ2) is 9.77. The summed E-state index contributed by atoms with van der Waals surface area (Å²) in [5.41, 5.74) is -1.01. The molecule has 1 aliphatic rings. The van der Waals surface area contributed by atoms with Crippen LogP contribution in [0.2, 0.25) is 0 Å². The van der Waals surface area contributed by atoms with Crippen LogP contribution in [0.1, 0.15) is 11.1 Å². The van der Waals surface area contributed by atoms with Gasteiger partial charge in [-0.3, -0.25) is 24.6 Å². The number of nitro benzene ring substituents is 1. The molecule has 2 aromatic carbocycles. The van der Waals surface area contributed by atoms with E-state index in [0.29, 0.717) is 31.7 Å². The Labute approximate surface area is 181 Å². The highest BCUT2D eigenvalue weighted by Crippen LogP contribution is 2.34. The molecule has 2 amide bonds. The maximum absolute atomic E-state index is 13.1. The lowest BCUT2D eigenvalue weighted by molar-refractivity contribution is -0.385. The smallest absolute Gasteiger partial charge is 0.340 e. The van der Waals surface area contributed by atoms with Crippen molar-refractivity contribution in [1.29, 1.82) is 0 Å². The molecule has 0 aromatic heterocycles. The summed E-state index contributed by atoms with van der Waals surface area (Å²) in [6, 6.07) is 10.8. The highest BCUT2D eigenvalue weighted by atomic mass is 19.4. The number of hydrogen-bond donors (Lipinski definition) is 1. The summed E-state index contributed by atoms with van der Waals surface area (Å²) in [7, 11) is 0. The van der Waals surface area contributed by atoms with Gasteiger partial charge in [0, 0.05) is 37.8 Å². The number of anilines is 1. The standard InChI is InChI=1S/C21H21F3N4O4/c22-21(23,24)16-6-2-3-7-17(16)25-19(29)14-26-9-11-27(12-10-26)20(30)13-15-5-1-4-8-18(15)28(31)32/h1-8H,9-14H2,(H,25,29). The predicted molar refractivity (Wildman–Crippen MR) is 110 cm³/mol. The highest BCUT2D eigenvalue weighted by Gasteiger charge is 2.33. The Balaban J connectivity index is 1.52. The van der Waals surface area contributed by atoms with Gasteiger partial charge < -0.3 is 10.2 Å². The van der Waals surface area contributed by atoms with E-state index >= 15 is 0 Å². The van der Waals surface area contributed by atoms with Crippen molar-refractivity contribution in [3.63, 3.8) is 0 Å². The van der Waals surface area contributed by atoms with E-state index in [1.165, 1.54) is 36.4 Å². The highest BCUT2D eigenvalue weighted by molar-refractivity contribution is 5.93. The molecular weight excluding hydrogens is 429 g/mol. The van der Waals surface area contributed by atoms with Crippen LogP contribution < -0.4 is 5.32 Å². The molecule has 32 heavy (non-hydrogen) atoms. The van der Waals surface area contributed by atoms with E-state index < -0.39 is 22.6 Å². The minimum Gasteiger partial charge on any atom is -0.340 e. The average Bonchev–Trinajstić information content (AvgIpc) is 2.74. The molecule has 1 aliphatic heterocycles. The number of nitrogens with zero attached hydrogens (tertiary/aromatic N) is 3. The number of piperazine rings is 1. The number of rotatable bonds is 6. The zero-order valence-corrected chi connectivity index (χ0v) is 17.0. The number of para-hydroxylation sites is 2. The normalized spacial score (nSPS) is 14.8. The molecule has 0 atom stereocenters. The van der Waals surface area contributed by atoms with Crippen LogP contribution in [0.3, 0.4) is 0 Å². The minimum atomic E-state index is -4.58. The quantitative estimate of drug-likeness (QED) is 0.539. The summed E-state index contributed by atoms with van der Waals surface area (Å²) in [6.45, 7) is 1.23. The van der Waals surface area contributed by atoms with Crippen molar-refractivity contribution in [1.82, 2.24) is 9.80 Å². The van der Waals surface area contributed by atoms with Crippen LogP contribution in [0.5, 0.6) is 0 Å². The lowest BCUT2D eigenvalue weighted by Crippen LogP contribution is -2.50. The topological polar surface area (TPSA) is 95.8 Å². The lowest BCUT2D eigenvalue weighted by atomic mass is 10.1. The van der Waals surface area contributed by atoms with E-state index in [0.717, 1.165) is 6.07 Å². The number of halogens is 3. The molecule has 0 bridgehead atoms. The first kappa shape index (κ1) is 23.2. The van der Waals surface area contributed by atoms with Gasteiger partial charge in [-0.25, -0.2) is 0 Å². The van der Waals surface area contributed by atoms with Crippen LogP contribution >= 0.6 is 0 Å². The monoisotopic (exact) mass is 450 g/mol.